The summed E-state index contributed by atoms with van der Waals surface area (Å²) < 4.78 is 2.86. The van der Waals surface area contributed by atoms with Gasteiger partial charge in [-0.05, 0) is 25.1 Å². The first-order valence-electron chi connectivity index (χ1n) is 4.93. The van der Waals surface area contributed by atoms with Gasteiger partial charge < -0.3 is 4.57 Å². The molecule has 0 amide bonds. The highest BCUT2D eigenvalue weighted by atomic mass is 32.1. The molecule has 4 heteroatoms. The van der Waals surface area contributed by atoms with Gasteiger partial charge in [-0.1, -0.05) is 20.3 Å². The lowest BCUT2D eigenvalue weighted by Crippen LogP contribution is -2.03. The number of aromatic nitrogens is 3. The van der Waals surface area contributed by atoms with Gasteiger partial charge in [-0.3, -0.25) is 5.10 Å². The Bertz CT molecular complexity index is 300. The number of H-pyrrole nitrogens is 1. The van der Waals surface area contributed by atoms with Crippen molar-refractivity contribution in [1.82, 2.24) is 14.8 Å². The van der Waals surface area contributed by atoms with E-state index in [1.165, 1.54) is 12.8 Å². The molecular weight excluding hydrogens is 182 g/mol. The van der Waals surface area contributed by atoms with E-state index in [1.807, 2.05) is 0 Å². The fourth-order valence-corrected chi connectivity index (χ4v) is 1.57. The zero-order chi connectivity index (χ0) is 9.68. The van der Waals surface area contributed by atoms with E-state index in [1.54, 1.807) is 0 Å². The minimum atomic E-state index is 0.757. The third-order valence-electron chi connectivity index (χ3n) is 2.04. The fraction of sp³-hybridized carbons (Fsp3) is 0.778. The van der Waals surface area contributed by atoms with Crippen LogP contribution in [0, 0.1) is 4.77 Å². The van der Waals surface area contributed by atoms with E-state index in [4.69, 9.17) is 12.2 Å². The molecule has 0 aromatic carbocycles. The van der Waals surface area contributed by atoms with Crippen molar-refractivity contribution in [2.45, 2.75) is 46.1 Å². The van der Waals surface area contributed by atoms with Crippen LogP contribution in [0.1, 0.15) is 38.9 Å². The van der Waals surface area contributed by atoms with E-state index >= 15 is 0 Å². The number of nitrogens with zero attached hydrogens (tertiary/aromatic N) is 2. The highest BCUT2D eigenvalue weighted by Gasteiger charge is 2.03. The monoisotopic (exact) mass is 199 g/mol. The second kappa shape index (κ2) is 5.17. The Morgan fingerprint density at radius 2 is 2.15 bits per heavy atom. The third kappa shape index (κ3) is 2.66. The van der Waals surface area contributed by atoms with Gasteiger partial charge >= 0.3 is 0 Å². The topological polar surface area (TPSA) is 33.6 Å². The Kier molecular flexibility index (Phi) is 4.15. The van der Waals surface area contributed by atoms with E-state index in [0.717, 1.165) is 30.0 Å². The van der Waals surface area contributed by atoms with Gasteiger partial charge in [0.25, 0.3) is 0 Å². The maximum absolute atomic E-state index is 5.13. The summed E-state index contributed by atoms with van der Waals surface area (Å²) in [5.41, 5.74) is 0. The highest BCUT2D eigenvalue weighted by molar-refractivity contribution is 7.71. The Hall–Kier alpha value is -0.640. The molecule has 13 heavy (non-hydrogen) atoms. The molecule has 0 aliphatic carbocycles. The fourth-order valence-electron chi connectivity index (χ4n) is 1.33. The number of hydrogen-bond donors (Lipinski definition) is 1. The Morgan fingerprint density at radius 3 is 2.77 bits per heavy atom. The molecule has 1 aromatic rings. The van der Waals surface area contributed by atoms with Gasteiger partial charge in [-0.15, -0.1) is 0 Å². The Balaban J connectivity index is 2.74. The smallest absolute Gasteiger partial charge is 0.195 e. The van der Waals surface area contributed by atoms with Crippen molar-refractivity contribution in [3.8, 4) is 0 Å². The largest absolute Gasteiger partial charge is 0.304 e. The Labute approximate surface area is 84.2 Å². The first-order chi connectivity index (χ1) is 6.29. The summed E-state index contributed by atoms with van der Waals surface area (Å²) in [6, 6.07) is 0. The van der Waals surface area contributed by atoms with Crippen LogP contribution in [0.15, 0.2) is 0 Å². The van der Waals surface area contributed by atoms with Crippen molar-refractivity contribution in [1.29, 1.82) is 0 Å². The summed E-state index contributed by atoms with van der Waals surface area (Å²) in [5, 5.41) is 7.06. The van der Waals surface area contributed by atoms with Crippen molar-refractivity contribution in [2.75, 3.05) is 0 Å². The molecule has 0 unspecified atom stereocenters. The molecule has 0 atom stereocenters. The molecule has 0 saturated carbocycles. The molecule has 0 saturated heterocycles. The molecule has 0 aliphatic heterocycles. The van der Waals surface area contributed by atoms with Crippen LogP contribution in [0.3, 0.4) is 0 Å². The minimum absolute atomic E-state index is 0.757. The molecule has 0 fully saturated rings. The second-order valence-corrected chi connectivity index (χ2v) is 3.59. The first-order valence-corrected chi connectivity index (χ1v) is 5.34. The molecule has 0 bridgehead atoms. The summed E-state index contributed by atoms with van der Waals surface area (Å²) in [6.45, 7) is 5.32. The number of aryl methyl sites for hydroxylation is 1. The van der Waals surface area contributed by atoms with Gasteiger partial charge in [0.1, 0.15) is 5.82 Å². The minimum Gasteiger partial charge on any atom is -0.304 e. The van der Waals surface area contributed by atoms with Gasteiger partial charge in [0.15, 0.2) is 4.77 Å². The lowest BCUT2D eigenvalue weighted by atomic mass is 10.2. The quantitative estimate of drug-likeness (QED) is 0.740. The van der Waals surface area contributed by atoms with E-state index in [0.29, 0.717) is 0 Å². The summed E-state index contributed by atoms with van der Waals surface area (Å²) in [5.74, 6) is 1.11. The molecule has 1 rings (SSSR count). The zero-order valence-electron chi connectivity index (χ0n) is 8.34. The molecule has 1 N–H and O–H groups in total. The number of unbranched alkanes of at least 4 members (excludes halogenated alkanes) is 1. The summed E-state index contributed by atoms with van der Waals surface area (Å²) in [4.78, 5) is 0. The highest BCUT2D eigenvalue weighted by Crippen LogP contribution is 2.04. The molecule has 0 aliphatic rings. The van der Waals surface area contributed by atoms with Gasteiger partial charge in [-0.25, -0.2) is 0 Å². The van der Waals surface area contributed by atoms with Crippen LogP contribution in [0.2, 0.25) is 0 Å². The van der Waals surface area contributed by atoms with Crippen LogP contribution in [-0.2, 0) is 13.0 Å². The van der Waals surface area contributed by atoms with Gasteiger partial charge in [0.2, 0.25) is 0 Å². The summed E-state index contributed by atoms with van der Waals surface area (Å²) >= 11 is 5.13. The predicted molar refractivity (Wildman–Crippen MR) is 56.3 cm³/mol. The van der Waals surface area contributed by atoms with Crippen molar-refractivity contribution in [3.05, 3.63) is 10.6 Å². The lowest BCUT2D eigenvalue weighted by Gasteiger charge is -2.03. The van der Waals surface area contributed by atoms with Crippen LogP contribution in [-0.4, -0.2) is 14.8 Å². The maximum atomic E-state index is 5.13. The first kappa shape index (κ1) is 10.4. The van der Waals surface area contributed by atoms with E-state index in [9.17, 15) is 0 Å². The molecule has 74 valence electrons. The van der Waals surface area contributed by atoms with Gasteiger partial charge in [0, 0.05) is 13.0 Å². The van der Waals surface area contributed by atoms with Crippen LogP contribution in [0.25, 0.3) is 0 Å². The van der Waals surface area contributed by atoms with Crippen molar-refractivity contribution in [2.24, 2.45) is 0 Å². The van der Waals surface area contributed by atoms with Crippen LogP contribution < -0.4 is 0 Å². The summed E-state index contributed by atoms with van der Waals surface area (Å²) in [6.07, 6.45) is 4.52. The van der Waals surface area contributed by atoms with E-state index < -0.39 is 0 Å². The van der Waals surface area contributed by atoms with Crippen LogP contribution in [0.5, 0.6) is 0 Å². The second-order valence-electron chi connectivity index (χ2n) is 3.20. The van der Waals surface area contributed by atoms with Gasteiger partial charge in [0.05, 0.1) is 0 Å². The predicted octanol–water partition coefficient (Wildman–Crippen LogP) is 2.69. The van der Waals surface area contributed by atoms with Gasteiger partial charge in [-0.2, -0.15) is 5.10 Å². The molecule has 0 spiro atoms. The van der Waals surface area contributed by atoms with Crippen molar-refractivity contribution in [3.63, 3.8) is 0 Å². The molecule has 0 radical (unpaired) electrons. The zero-order valence-corrected chi connectivity index (χ0v) is 9.15. The average Bonchev–Trinajstić information content (AvgIpc) is 2.46. The van der Waals surface area contributed by atoms with Crippen LogP contribution >= 0.6 is 12.2 Å². The number of nitrogens with one attached hydrogen (secondary N) is 1. The van der Waals surface area contributed by atoms with E-state index in [2.05, 4.69) is 28.6 Å². The lowest BCUT2D eigenvalue weighted by molar-refractivity contribution is 0.614. The van der Waals surface area contributed by atoms with Crippen molar-refractivity contribution < 1.29 is 0 Å². The maximum Gasteiger partial charge on any atom is 0.195 e. The molecule has 3 nitrogen and oxygen atoms in total. The Morgan fingerprint density at radius 1 is 1.38 bits per heavy atom. The molecular formula is C9H17N3S. The number of aromatic amines is 1. The summed E-state index contributed by atoms with van der Waals surface area (Å²) in [7, 11) is 0. The van der Waals surface area contributed by atoms with Crippen molar-refractivity contribution >= 4 is 12.2 Å². The standard InChI is InChI=1S/C9H17N3S/c1-3-5-6-8-10-11-9(13)12(8)7-4-2/h3-7H2,1-2H3,(H,11,13). The number of hydrogen-bond acceptors (Lipinski definition) is 2. The number of rotatable bonds is 5. The molecule has 1 aromatic heterocycles. The molecule has 1 heterocycles. The SMILES string of the molecule is CCCCc1n[nH]c(=S)n1CCC. The normalized spacial score (nSPS) is 10.6. The average molecular weight is 199 g/mol. The van der Waals surface area contributed by atoms with Crippen LogP contribution in [0.4, 0.5) is 0 Å². The van der Waals surface area contributed by atoms with E-state index in [-0.39, 0.29) is 0 Å². The third-order valence-corrected chi connectivity index (χ3v) is 2.35.